The van der Waals surface area contributed by atoms with Gasteiger partial charge in [0.05, 0.1) is 11.4 Å². The first-order valence-electron chi connectivity index (χ1n) is 6.62. The van der Waals surface area contributed by atoms with Crippen LogP contribution in [0.25, 0.3) is 0 Å². The van der Waals surface area contributed by atoms with Crippen molar-refractivity contribution in [2.75, 3.05) is 5.32 Å². The van der Waals surface area contributed by atoms with Gasteiger partial charge in [-0.2, -0.15) is 0 Å². The molecular weight excluding hydrogens is 316 g/mol. The third-order valence-corrected chi connectivity index (χ3v) is 3.48. The van der Waals surface area contributed by atoms with Crippen LogP contribution in [-0.2, 0) is 11.2 Å². The standard InChI is InChI=1S/C16H17BrN2O/c1-12-14(10-11-15(17)18-12)19-16(20)9-5-8-13-6-3-2-4-7-13/h2-4,6-7,10-11H,5,8-9H2,1H3,(H,19,20). The predicted molar refractivity (Wildman–Crippen MR) is 84.7 cm³/mol. The molecule has 0 spiro atoms. The van der Waals surface area contributed by atoms with Crippen LogP contribution in [0.1, 0.15) is 24.1 Å². The van der Waals surface area contributed by atoms with E-state index in [-0.39, 0.29) is 5.91 Å². The molecule has 1 N–H and O–H groups in total. The Morgan fingerprint density at radius 3 is 2.65 bits per heavy atom. The minimum Gasteiger partial charge on any atom is -0.325 e. The molecule has 104 valence electrons. The van der Waals surface area contributed by atoms with Crippen LogP contribution in [0.5, 0.6) is 0 Å². The number of hydrogen-bond donors (Lipinski definition) is 1. The van der Waals surface area contributed by atoms with Crippen molar-refractivity contribution in [1.29, 1.82) is 0 Å². The van der Waals surface area contributed by atoms with Gasteiger partial charge in [0, 0.05) is 6.42 Å². The number of nitrogens with one attached hydrogen (secondary N) is 1. The largest absolute Gasteiger partial charge is 0.325 e. The monoisotopic (exact) mass is 332 g/mol. The van der Waals surface area contributed by atoms with Crippen LogP contribution in [0, 0.1) is 6.92 Å². The summed E-state index contributed by atoms with van der Waals surface area (Å²) in [6, 6.07) is 13.9. The number of carbonyl (C=O) groups is 1. The lowest BCUT2D eigenvalue weighted by Gasteiger charge is -2.08. The van der Waals surface area contributed by atoms with Crippen LogP contribution in [0.4, 0.5) is 5.69 Å². The lowest BCUT2D eigenvalue weighted by molar-refractivity contribution is -0.116. The molecule has 0 saturated heterocycles. The fourth-order valence-electron chi connectivity index (χ4n) is 1.97. The van der Waals surface area contributed by atoms with Crippen molar-refractivity contribution >= 4 is 27.5 Å². The van der Waals surface area contributed by atoms with Gasteiger partial charge in [0.1, 0.15) is 4.60 Å². The van der Waals surface area contributed by atoms with E-state index in [9.17, 15) is 4.79 Å². The molecule has 0 aliphatic rings. The maximum Gasteiger partial charge on any atom is 0.224 e. The summed E-state index contributed by atoms with van der Waals surface area (Å²) in [5.74, 6) is 0.0353. The van der Waals surface area contributed by atoms with E-state index in [0.717, 1.165) is 28.8 Å². The Hall–Kier alpha value is -1.68. The van der Waals surface area contributed by atoms with E-state index >= 15 is 0 Å². The first kappa shape index (κ1) is 14.7. The molecule has 1 amide bonds. The van der Waals surface area contributed by atoms with Crippen molar-refractivity contribution < 1.29 is 4.79 Å². The molecular formula is C16H17BrN2O. The zero-order chi connectivity index (χ0) is 14.4. The molecule has 3 nitrogen and oxygen atoms in total. The molecule has 1 aromatic carbocycles. The molecule has 0 atom stereocenters. The molecule has 0 radical (unpaired) electrons. The molecule has 0 aliphatic carbocycles. The summed E-state index contributed by atoms with van der Waals surface area (Å²) in [5, 5.41) is 2.90. The number of rotatable bonds is 5. The van der Waals surface area contributed by atoms with E-state index in [2.05, 4.69) is 38.4 Å². The van der Waals surface area contributed by atoms with Crippen LogP contribution in [0.15, 0.2) is 47.1 Å². The Balaban J connectivity index is 1.81. The molecule has 1 aromatic heterocycles. The third kappa shape index (κ3) is 4.46. The topological polar surface area (TPSA) is 42.0 Å². The zero-order valence-electron chi connectivity index (χ0n) is 11.4. The number of aryl methyl sites for hydroxylation is 2. The highest BCUT2D eigenvalue weighted by atomic mass is 79.9. The van der Waals surface area contributed by atoms with Crippen LogP contribution in [-0.4, -0.2) is 10.9 Å². The highest BCUT2D eigenvalue weighted by molar-refractivity contribution is 9.10. The number of anilines is 1. The quantitative estimate of drug-likeness (QED) is 0.837. The van der Waals surface area contributed by atoms with E-state index < -0.39 is 0 Å². The number of pyridine rings is 1. The predicted octanol–water partition coefficient (Wildman–Crippen LogP) is 4.11. The molecule has 0 bridgehead atoms. The Morgan fingerprint density at radius 2 is 1.95 bits per heavy atom. The van der Waals surface area contributed by atoms with Crippen molar-refractivity contribution in [3.05, 3.63) is 58.3 Å². The molecule has 4 heteroatoms. The third-order valence-electron chi connectivity index (χ3n) is 3.04. The maximum absolute atomic E-state index is 11.9. The van der Waals surface area contributed by atoms with Crippen LogP contribution in [0.2, 0.25) is 0 Å². The molecule has 1 heterocycles. The first-order chi connectivity index (χ1) is 9.65. The van der Waals surface area contributed by atoms with E-state index in [0.29, 0.717) is 6.42 Å². The Labute approximate surface area is 127 Å². The second kappa shape index (κ2) is 7.20. The number of aromatic nitrogens is 1. The van der Waals surface area contributed by atoms with Gasteiger partial charge in [-0.1, -0.05) is 30.3 Å². The van der Waals surface area contributed by atoms with E-state index in [1.54, 1.807) is 0 Å². The van der Waals surface area contributed by atoms with Gasteiger partial charge in [0.25, 0.3) is 0 Å². The summed E-state index contributed by atoms with van der Waals surface area (Å²) in [4.78, 5) is 16.1. The number of nitrogens with zero attached hydrogens (tertiary/aromatic N) is 1. The van der Waals surface area contributed by atoms with Crippen molar-refractivity contribution in [2.24, 2.45) is 0 Å². The van der Waals surface area contributed by atoms with Gasteiger partial charge >= 0.3 is 0 Å². The van der Waals surface area contributed by atoms with Gasteiger partial charge in [0.15, 0.2) is 0 Å². The SMILES string of the molecule is Cc1nc(Br)ccc1NC(=O)CCCc1ccccc1. The fourth-order valence-corrected chi connectivity index (χ4v) is 2.37. The Kier molecular flexibility index (Phi) is 5.30. The summed E-state index contributed by atoms with van der Waals surface area (Å²) in [6.45, 7) is 1.88. The summed E-state index contributed by atoms with van der Waals surface area (Å²) < 4.78 is 0.775. The van der Waals surface area contributed by atoms with Crippen molar-refractivity contribution in [2.45, 2.75) is 26.2 Å². The van der Waals surface area contributed by atoms with E-state index in [1.165, 1.54) is 5.56 Å². The van der Waals surface area contributed by atoms with Gasteiger partial charge in [-0.15, -0.1) is 0 Å². The Bertz CT molecular complexity index is 584. The van der Waals surface area contributed by atoms with E-state index in [1.807, 2.05) is 37.3 Å². The lowest BCUT2D eigenvalue weighted by Crippen LogP contribution is -2.12. The highest BCUT2D eigenvalue weighted by Gasteiger charge is 2.06. The molecule has 0 saturated carbocycles. The number of benzene rings is 1. The lowest BCUT2D eigenvalue weighted by atomic mass is 10.1. The molecule has 2 rings (SSSR count). The van der Waals surface area contributed by atoms with E-state index in [4.69, 9.17) is 0 Å². The average Bonchev–Trinajstić information content (AvgIpc) is 2.43. The summed E-state index contributed by atoms with van der Waals surface area (Å²) >= 11 is 3.31. The molecule has 0 aliphatic heterocycles. The minimum absolute atomic E-state index is 0.0353. The Morgan fingerprint density at radius 1 is 1.20 bits per heavy atom. The number of carbonyl (C=O) groups excluding carboxylic acids is 1. The fraction of sp³-hybridized carbons (Fsp3) is 0.250. The summed E-state index contributed by atoms with van der Waals surface area (Å²) in [7, 11) is 0. The zero-order valence-corrected chi connectivity index (χ0v) is 13.0. The van der Waals surface area contributed by atoms with Gasteiger partial charge in [-0.25, -0.2) is 4.98 Å². The van der Waals surface area contributed by atoms with Gasteiger partial charge in [-0.3, -0.25) is 4.79 Å². The summed E-state index contributed by atoms with van der Waals surface area (Å²) in [6.07, 6.45) is 2.29. The first-order valence-corrected chi connectivity index (χ1v) is 7.41. The van der Waals surface area contributed by atoms with Gasteiger partial charge in [-0.05, 0) is 53.4 Å². The average molecular weight is 333 g/mol. The van der Waals surface area contributed by atoms with Crippen LogP contribution >= 0.6 is 15.9 Å². The smallest absolute Gasteiger partial charge is 0.224 e. The molecule has 0 fully saturated rings. The second-order valence-corrected chi connectivity index (χ2v) is 5.47. The van der Waals surface area contributed by atoms with Crippen molar-refractivity contribution in [3.8, 4) is 0 Å². The van der Waals surface area contributed by atoms with Crippen LogP contribution in [0.3, 0.4) is 0 Å². The molecule has 0 unspecified atom stereocenters. The van der Waals surface area contributed by atoms with Gasteiger partial charge in [0.2, 0.25) is 5.91 Å². The highest BCUT2D eigenvalue weighted by Crippen LogP contribution is 2.16. The normalized spacial score (nSPS) is 10.3. The van der Waals surface area contributed by atoms with Gasteiger partial charge < -0.3 is 5.32 Å². The minimum atomic E-state index is 0.0353. The molecule has 20 heavy (non-hydrogen) atoms. The second-order valence-electron chi connectivity index (χ2n) is 4.65. The van der Waals surface area contributed by atoms with Crippen molar-refractivity contribution in [1.82, 2.24) is 4.98 Å². The number of halogens is 1. The number of hydrogen-bond acceptors (Lipinski definition) is 2. The van der Waals surface area contributed by atoms with Crippen LogP contribution < -0.4 is 5.32 Å². The summed E-state index contributed by atoms with van der Waals surface area (Å²) in [5.41, 5.74) is 2.86. The number of amides is 1. The van der Waals surface area contributed by atoms with Crippen molar-refractivity contribution in [3.63, 3.8) is 0 Å². The molecule has 2 aromatic rings. The maximum atomic E-state index is 11.9.